The number of aromatic nitrogens is 2. The number of thiocarbonyl (C=S) groups is 1. The van der Waals surface area contributed by atoms with Crippen LogP contribution in [0.1, 0.15) is 18.2 Å². The molecule has 0 fully saturated rings. The molecule has 21 heavy (non-hydrogen) atoms. The van der Waals surface area contributed by atoms with Gasteiger partial charge in [0.05, 0.1) is 5.69 Å². The number of benzene rings is 1. The van der Waals surface area contributed by atoms with Gasteiger partial charge >= 0.3 is 0 Å². The van der Waals surface area contributed by atoms with Gasteiger partial charge in [-0.05, 0) is 50.3 Å². The van der Waals surface area contributed by atoms with Crippen LogP contribution in [0.3, 0.4) is 0 Å². The maximum Gasteiger partial charge on any atom is 0.173 e. The summed E-state index contributed by atoms with van der Waals surface area (Å²) in [6.45, 7) is 5.74. The van der Waals surface area contributed by atoms with Gasteiger partial charge in [0, 0.05) is 42.1 Å². The minimum atomic E-state index is 0.695. The van der Waals surface area contributed by atoms with Crippen LogP contribution in [0.25, 0.3) is 0 Å². The van der Waals surface area contributed by atoms with Gasteiger partial charge in [-0.3, -0.25) is 4.68 Å². The minimum Gasteiger partial charge on any atom is -0.348 e. The van der Waals surface area contributed by atoms with E-state index in [1.54, 1.807) is 0 Å². The maximum atomic E-state index is 5.45. The van der Waals surface area contributed by atoms with E-state index in [0.29, 0.717) is 5.11 Å². The number of hydrogen-bond donors (Lipinski definition) is 1. The summed E-state index contributed by atoms with van der Waals surface area (Å²) in [5.41, 5.74) is 3.23. The fourth-order valence-corrected chi connectivity index (χ4v) is 2.40. The number of halogens is 1. The van der Waals surface area contributed by atoms with Crippen LogP contribution in [0.2, 0.25) is 0 Å². The van der Waals surface area contributed by atoms with E-state index < -0.39 is 0 Å². The standard InChI is InChI=1S/C15H19BrN4S/c1-4-20-10-12(11(2)18-20)9-19(3)15(21)17-14-7-5-13(16)6-8-14/h5-8,10H,4,9H2,1-3H3,(H,17,21). The molecular weight excluding hydrogens is 348 g/mol. The van der Waals surface area contributed by atoms with Gasteiger partial charge in [0.25, 0.3) is 0 Å². The molecule has 2 rings (SSSR count). The van der Waals surface area contributed by atoms with Crippen molar-refractivity contribution in [2.45, 2.75) is 26.9 Å². The largest absolute Gasteiger partial charge is 0.348 e. The third-order valence-corrected chi connectivity index (χ3v) is 4.16. The molecule has 1 aromatic heterocycles. The van der Waals surface area contributed by atoms with Crippen molar-refractivity contribution in [2.75, 3.05) is 12.4 Å². The quantitative estimate of drug-likeness (QED) is 0.834. The molecule has 112 valence electrons. The Morgan fingerprint density at radius 2 is 2.05 bits per heavy atom. The lowest BCUT2D eigenvalue weighted by Gasteiger charge is -2.20. The first-order valence-electron chi connectivity index (χ1n) is 6.80. The Labute approximate surface area is 139 Å². The predicted octanol–water partition coefficient (Wildman–Crippen LogP) is 3.80. The summed E-state index contributed by atoms with van der Waals surface area (Å²) in [4.78, 5) is 2.02. The summed E-state index contributed by atoms with van der Waals surface area (Å²) in [6.07, 6.45) is 2.08. The number of hydrogen-bond acceptors (Lipinski definition) is 2. The summed E-state index contributed by atoms with van der Waals surface area (Å²) in [6, 6.07) is 7.95. The van der Waals surface area contributed by atoms with Crippen LogP contribution in [0.4, 0.5) is 5.69 Å². The Bertz CT molecular complexity index is 621. The molecule has 0 aliphatic rings. The summed E-state index contributed by atoms with van der Waals surface area (Å²) in [5, 5.41) is 8.39. The van der Waals surface area contributed by atoms with Crippen molar-refractivity contribution in [1.82, 2.24) is 14.7 Å². The van der Waals surface area contributed by atoms with Crippen LogP contribution < -0.4 is 5.32 Å². The second-order valence-corrected chi connectivity index (χ2v) is 6.19. The van der Waals surface area contributed by atoms with Crippen molar-refractivity contribution in [3.63, 3.8) is 0 Å². The molecule has 0 saturated heterocycles. The first-order chi connectivity index (χ1) is 9.99. The SMILES string of the molecule is CCn1cc(CN(C)C(=S)Nc2ccc(Br)cc2)c(C)n1. The summed E-state index contributed by atoms with van der Waals surface area (Å²) in [7, 11) is 1.98. The normalized spacial score (nSPS) is 10.5. The zero-order valence-corrected chi connectivity index (χ0v) is 14.8. The second kappa shape index (κ2) is 7.04. The molecule has 0 amide bonds. The predicted molar refractivity (Wildman–Crippen MR) is 94.5 cm³/mol. The average molecular weight is 367 g/mol. The zero-order chi connectivity index (χ0) is 15.4. The Hall–Kier alpha value is -1.40. The van der Waals surface area contributed by atoms with Gasteiger partial charge in [-0.1, -0.05) is 15.9 Å². The van der Waals surface area contributed by atoms with Crippen molar-refractivity contribution in [3.05, 3.63) is 46.2 Å². The Morgan fingerprint density at radius 1 is 1.38 bits per heavy atom. The third kappa shape index (κ3) is 4.28. The molecule has 1 heterocycles. The van der Waals surface area contributed by atoms with E-state index in [0.717, 1.165) is 28.9 Å². The Balaban J connectivity index is 1.98. The van der Waals surface area contributed by atoms with Crippen LogP contribution in [-0.2, 0) is 13.1 Å². The lowest BCUT2D eigenvalue weighted by Crippen LogP contribution is -2.30. The lowest BCUT2D eigenvalue weighted by molar-refractivity contribution is 0.506. The fourth-order valence-electron chi connectivity index (χ4n) is 1.96. The van der Waals surface area contributed by atoms with Crippen LogP contribution in [-0.4, -0.2) is 26.8 Å². The Morgan fingerprint density at radius 3 is 2.62 bits per heavy atom. The van der Waals surface area contributed by atoms with Crippen molar-refractivity contribution < 1.29 is 0 Å². The van der Waals surface area contributed by atoms with Crippen molar-refractivity contribution in [3.8, 4) is 0 Å². The molecule has 0 saturated carbocycles. The zero-order valence-electron chi connectivity index (χ0n) is 12.4. The van der Waals surface area contributed by atoms with Crippen LogP contribution >= 0.6 is 28.1 Å². The molecule has 4 nitrogen and oxygen atoms in total. The first kappa shape index (κ1) is 16.0. The highest BCUT2D eigenvalue weighted by Crippen LogP contribution is 2.15. The van der Waals surface area contributed by atoms with Crippen LogP contribution in [0.5, 0.6) is 0 Å². The fraction of sp³-hybridized carbons (Fsp3) is 0.333. The van der Waals surface area contributed by atoms with E-state index in [-0.39, 0.29) is 0 Å². The molecule has 0 unspecified atom stereocenters. The van der Waals surface area contributed by atoms with E-state index in [9.17, 15) is 0 Å². The van der Waals surface area contributed by atoms with Crippen LogP contribution in [0, 0.1) is 6.92 Å². The highest BCUT2D eigenvalue weighted by atomic mass is 79.9. The highest BCUT2D eigenvalue weighted by Gasteiger charge is 2.10. The highest BCUT2D eigenvalue weighted by molar-refractivity contribution is 9.10. The molecule has 0 atom stereocenters. The van der Waals surface area contributed by atoms with Crippen molar-refractivity contribution >= 4 is 38.9 Å². The van der Waals surface area contributed by atoms with Gasteiger partial charge in [0.1, 0.15) is 0 Å². The van der Waals surface area contributed by atoms with E-state index in [1.165, 1.54) is 5.56 Å². The molecule has 0 aliphatic carbocycles. The van der Waals surface area contributed by atoms with Crippen molar-refractivity contribution in [1.29, 1.82) is 0 Å². The van der Waals surface area contributed by atoms with Crippen molar-refractivity contribution in [2.24, 2.45) is 0 Å². The molecule has 2 aromatic rings. The number of nitrogens with zero attached hydrogens (tertiary/aromatic N) is 3. The number of rotatable bonds is 4. The first-order valence-corrected chi connectivity index (χ1v) is 8.00. The molecule has 6 heteroatoms. The van der Waals surface area contributed by atoms with Gasteiger partial charge in [-0.2, -0.15) is 5.10 Å². The van der Waals surface area contributed by atoms with E-state index in [2.05, 4.69) is 39.5 Å². The number of aryl methyl sites for hydroxylation is 2. The van der Waals surface area contributed by atoms with E-state index in [4.69, 9.17) is 12.2 Å². The van der Waals surface area contributed by atoms with Gasteiger partial charge in [-0.25, -0.2) is 0 Å². The van der Waals surface area contributed by atoms with Gasteiger partial charge in [0.15, 0.2) is 5.11 Å². The maximum absolute atomic E-state index is 5.45. The molecule has 0 spiro atoms. The molecular formula is C15H19BrN4S. The third-order valence-electron chi connectivity index (χ3n) is 3.22. The average Bonchev–Trinajstić information content (AvgIpc) is 2.82. The number of nitrogens with one attached hydrogen (secondary N) is 1. The van der Waals surface area contributed by atoms with Gasteiger partial charge in [0.2, 0.25) is 0 Å². The minimum absolute atomic E-state index is 0.695. The smallest absolute Gasteiger partial charge is 0.173 e. The van der Waals surface area contributed by atoms with Gasteiger partial charge in [-0.15, -0.1) is 0 Å². The van der Waals surface area contributed by atoms with Crippen LogP contribution in [0.15, 0.2) is 34.9 Å². The van der Waals surface area contributed by atoms with Gasteiger partial charge < -0.3 is 10.2 Å². The monoisotopic (exact) mass is 366 g/mol. The summed E-state index contributed by atoms with van der Waals surface area (Å²) in [5.74, 6) is 0. The van der Waals surface area contributed by atoms with E-state index >= 15 is 0 Å². The number of anilines is 1. The molecule has 0 radical (unpaired) electrons. The lowest BCUT2D eigenvalue weighted by atomic mass is 10.2. The molecule has 0 aliphatic heterocycles. The molecule has 0 bridgehead atoms. The van der Waals surface area contributed by atoms with E-state index in [1.807, 2.05) is 47.8 Å². The molecule has 1 aromatic carbocycles. The summed E-state index contributed by atoms with van der Waals surface area (Å²) >= 11 is 8.87. The Kier molecular flexibility index (Phi) is 5.36. The summed E-state index contributed by atoms with van der Waals surface area (Å²) < 4.78 is 3.00. The topological polar surface area (TPSA) is 33.1 Å². The molecule has 1 N–H and O–H groups in total. The second-order valence-electron chi connectivity index (χ2n) is 4.89.